The molecule has 1 aliphatic rings. The molecule has 102 valence electrons. The van der Waals surface area contributed by atoms with Crippen molar-refractivity contribution in [1.29, 1.82) is 0 Å². The van der Waals surface area contributed by atoms with Crippen LogP contribution >= 0.6 is 0 Å². The third-order valence-corrected chi connectivity index (χ3v) is 4.04. The molecule has 0 radical (unpaired) electrons. The molecule has 1 aromatic heterocycles. The summed E-state index contributed by atoms with van der Waals surface area (Å²) in [6, 6.07) is 6.05. The number of aromatic nitrogens is 2. The van der Waals surface area contributed by atoms with Gasteiger partial charge in [-0.1, -0.05) is 6.07 Å². The number of hydrogen-bond donors (Lipinski definition) is 1. The minimum Gasteiger partial charge on any atom is -0.494 e. The lowest BCUT2D eigenvalue weighted by Crippen LogP contribution is -2.31. The summed E-state index contributed by atoms with van der Waals surface area (Å²) in [5, 5.41) is 3.47. The van der Waals surface area contributed by atoms with Crippen molar-refractivity contribution >= 4 is 11.0 Å². The third-order valence-electron chi connectivity index (χ3n) is 4.04. The van der Waals surface area contributed by atoms with Gasteiger partial charge in [-0.3, -0.25) is 0 Å². The van der Waals surface area contributed by atoms with Crippen molar-refractivity contribution in [3.8, 4) is 5.75 Å². The number of aryl methyl sites for hydroxylation is 1. The zero-order valence-corrected chi connectivity index (χ0v) is 11.6. The molecule has 3 rings (SSSR count). The van der Waals surface area contributed by atoms with Crippen molar-refractivity contribution in [2.24, 2.45) is 13.0 Å². The number of piperidine rings is 1. The molecule has 4 nitrogen and oxygen atoms in total. The van der Waals surface area contributed by atoms with Gasteiger partial charge >= 0.3 is 0 Å². The van der Waals surface area contributed by atoms with Gasteiger partial charge in [0.15, 0.2) is 0 Å². The predicted molar refractivity (Wildman–Crippen MR) is 76.6 cm³/mol. The van der Waals surface area contributed by atoms with Crippen LogP contribution in [0, 0.1) is 5.92 Å². The lowest BCUT2D eigenvalue weighted by atomic mass is 9.96. The van der Waals surface area contributed by atoms with E-state index in [4.69, 9.17) is 9.72 Å². The van der Waals surface area contributed by atoms with E-state index in [0.717, 1.165) is 42.1 Å². The molecule has 19 heavy (non-hydrogen) atoms. The molecule has 2 aromatic rings. The van der Waals surface area contributed by atoms with Gasteiger partial charge in [-0.15, -0.1) is 0 Å². The molecule has 0 amide bonds. The Labute approximate surface area is 113 Å². The molecule has 1 aromatic carbocycles. The summed E-state index contributed by atoms with van der Waals surface area (Å²) in [4.78, 5) is 4.77. The van der Waals surface area contributed by atoms with Gasteiger partial charge in [-0.2, -0.15) is 0 Å². The van der Waals surface area contributed by atoms with Crippen LogP contribution in [0.15, 0.2) is 18.2 Å². The van der Waals surface area contributed by atoms with Crippen LogP contribution in [-0.4, -0.2) is 29.8 Å². The van der Waals surface area contributed by atoms with E-state index in [1.165, 1.54) is 12.8 Å². The average molecular weight is 259 g/mol. The van der Waals surface area contributed by atoms with Crippen molar-refractivity contribution in [1.82, 2.24) is 14.9 Å². The lowest BCUT2D eigenvalue weighted by molar-refractivity contribution is 0.368. The second kappa shape index (κ2) is 5.21. The maximum atomic E-state index is 5.44. The Hall–Kier alpha value is -1.55. The Balaban J connectivity index is 1.93. The van der Waals surface area contributed by atoms with Crippen molar-refractivity contribution in [2.45, 2.75) is 19.3 Å². The number of ether oxygens (including phenoxy) is 1. The largest absolute Gasteiger partial charge is 0.494 e. The van der Waals surface area contributed by atoms with Crippen LogP contribution in [-0.2, 0) is 13.5 Å². The molecular weight excluding hydrogens is 238 g/mol. The first-order valence-corrected chi connectivity index (χ1v) is 6.98. The van der Waals surface area contributed by atoms with Crippen LogP contribution in [0.2, 0.25) is 0 Å². The molecule has 1 unspecified atom stereocenters. The van der Waals surface area contributed by atoms with Gasteiger partial charge in [0.25, 0.3) is 0 Å². The highest BCUT2D eigenvalue weighted by atomic mass is 16.5. The van der Waals surface area contributed by atoms with Gasteiger partial charge in [0.2, 0.25) is 0 Å². The molecule has 0 spiro atoms. The Morgan fingerprint density at radius 1 is 1.47 bits per heavy atom. The van der Waals surface area contributed by atoms with Gasteiger partial charge in [-0.05, 0) is 44.0 Å². The van der Waals surface area contributed by atoms with Crippen molar-refractivity contribution in [3.05, 3.63) is 24.0 Å². The Morgan fingerprint density at radius 3 is 3.11 bits per heavy atom. The van der Waals surface area contributed by atoms with E-state index in [0.29, 0.717) is 5.92 Å². The normalized spacial score (nSPS) is 19.8. The highest BCUT2D eigenvalue weighted by Crippen LogP contribution is 2.27. The summed E-state index contributed by atoms with van der Waals surface area (Å²) >= 11 is 0. The second-order valence-corrected chi connectivity index (χ2v) is 5.33. The molecule has 1 atom stereocenters. The van der Waals surface area contributed by atoms with Gasteiger partial charge in [0.1, 0.15) is 17.1 Å². The van der Waals surface area contributed by atoms with E-state index >= 15 is 0 Å². The van der Waals surface area contributed by atoms with Crippen LogP contribution in [0.3, 0.4) is 0 Å². The number of imidazole rings is 1. The van der Waals surface area contributed by atoms with Gasteiger partial charge in [0, 0.05) is 13.5 Å². The highest BCUT2D eigenvalue weighted by molar-refractivity contribution is 5.82. The van der Waals surface area contributed by atoms with Gasteiger partial charge in [-0.25, -0.2) is 4.98 Å². The second-order valence-electron chi connectivity index (χ2n) is 5.33. The zero-order chi connectivity index (χ0) is 13.2. The Bertz CT molecular complexity index is 570. The number of rotatable bonds is 3. The molecule has 0 bridgehead atoms. The summed E-state index contributed by atoms with van der Waals surface area (Å²) in [5.74, 6) is 2.77. The molecule has 2 heterocycles. The summed E-state index contributed by atoms with van der Waals surface area (Å²) in [7, 11) is 3.80. The van der Waals surface area contributed by atoms with Crippen LogP contribution in [0.4, 0.5) is 0 Å². The standard InChI is InChI=1S/C15H21N3O/c1-18-14(9-11-5-4-8-16-10-11)17-12-6-3-7-13(19-2)15(12)18/h3,6-7,11,16H,4-5,8-10H2,1-2H3. The minimum atomic E-state index is 0.704. The Kier molecular flexibility index (Phi) is 3.42. The summed E-state index contributed by atoms with van der Waals surface area (Å²) < 4.78 is 7.62. The van der Waals surface area contributed by atoms with E-state index in [9.17, 15) is 0 Å². The van der Waals surface area contributed by atoms with Crippen molar-refractivity contribution in [2.75, 3.05) is 20.2 Å². The SMILES string of the molecule is COc1cccc2nc(CC3CCCNC3)n(C)c12. The minimum absolute atomic E-state index is 0.704. The summed E-state index contributed by atoms with van der Waals surface area (Å²) in [6.07, 6.45) is 3.62. The summed E-state index contributed by atoms with van der Waals surface area (Å²) in [6.45, 7) is 2.27. The number of para-hydroxylation sites is 1. The number of nitrogens with zero attached hydrogens (tertiary/aromatic N) is 2. The fourth-order valence-electron chi connectivity index (χ4n) is 2.98. The van der Waals surface area contributed by atoms with Gasteiger partial charge in [0.05, 0.1) is 12.6 Å². The van der Waals surface area contributed by atoms with E-state index in [1.807, 2.05) is 12.1 Å². The maximum absolute atomic E-state index is 5.44. The molecular formula is C15H21N3O. The van der Waals surface area contributed by atoms with Crippen LogP contribution in [0.1, 0.15) is 18.7 Å². The third kappa shape index (κ3) is 2.32. The number of fused-ring (bicyclic) bond motifs is 1. The van der Waals surface area contributed by atoms with E-state index in [1.54, 1.807) is 7.11 Å². The Morgan fingerprint density at radius 2 is 2.37 bits per heavy atom. The number of nitrogens with one attached hydrogen (secondary N) is 1. The zero-order valence-electron chi connectivity index (χ0n) is 11.6. The highest BCUT2D eigenvalue weighted by Gasteiger charge is 2.18. The fourth-order valence-corrected chi connectivity index (χ4v) is 2.98. The maximum Gasteiger partial charge on any atom is 0.144 e. The number of methoxy groups -OCH3 is 1. The molecule has 0 saturated carbocycles. The molecule has 1 aliphatic heterocycles. The molecule has 4 heteroatoms. The van der Waals surface area contributed by atoms with E-state index < -0.39 is 0 Å². The molecule has 1 fully saturated rings. The molecule has 1 N–H and O–H groups in total. The van der Waals surface area contributed by atoms with Crippen molar-refractivity contribution in [3.63, 3.8) is 0 Å². The number of benzene rings is 1. The predicted octanol–water partition coefficient (Wildman–Crippen LogP) is 2.12. The van der Waals surface area contributed by atoms with E-state index in [-0.39, 0.29) is 0 Å². The van der Waals surface area contributed by atoms with Crippen LogP contribution in [0.25, 0.3) is 11.0 Å². The topological polar surface area (TPSA) is 39.1 Å². The average Bonchev–Trinajstić information content (AvgIpc) is 2.77. The number of hydrogen-bond acceptors (Lipinski definition) is 3. The van der Waals surface area contributed by atoms with Crippen LogP contribution < -0.4 is 10.1 Å². The van der Waals surface area contributed by atoms with Crippen molar-refractivity contribution < 1.29 is 4.74 Å². The lowest BCUT2D eigenvalue weighted by Gasteiger charge is -2.22. The first kappa shape index (κ1) is 12.5. The molecule has 1 saturated heterocycles. The fraction of sp³-hybridized carbons (Fsp3) is 0.533. The van der Waals surface area contributed by atoms with E-state index in [2.05, 4.69) is 23.0 Å². The first-order valence-electron chi connectivity index (χ1n) is 6.98. The molecule has 0 aliphatic carbocycles. The van der Waals surface area contributed by atoms with Gasteiger partial charge < -0.3 is 14.6 Å². The summed E-state index contributed by atoms with van der Waals surface area (Å²) in [5.41, 5.74) is 2.13. The monoisotopic (exact) mass is 259 g/mol. The first-order chi connectivity index (χ1) is 9.29. The smallest absolute Gasteiger partial charge is 0.144 e. The van der Waals surface area contributed by atoms with Crippen LogP contribution in [0.5, 0.6) is 5.75 Å². The quantitative estimate of drug-likeness (QED) is 0.917.